The SMILES string of the molecule is Cc1nc(C(C)N)n(CC(=O)SCCNC(=O)CCNC(=O)C(O)C(C)(C)COP(=O)(O)OP(=O)(O)OCC2OC(n3cnc4c(N)ncnc43)C(O)C2OP(=O)(O)O)c1O. The minimum Gasteiger partial charge on any atom is -0.493 e. The van der Waals surface area contributed by atoms with Gasteiger partial charge in [0.25, 0.3) is 0 Å². The van der Waals surface area contributed by atoms with E-state index in [9.17, 15) is 63.0 Å². The summed E-state index contributed by atoms with van der Waals surface area (Å²) < 4.78 is 63.5. The van der Waals surface area contributed by atoms with Crippen LogP contribution in [-0.4, -0.2) is 137 Å². The van der Waals surface area contributed by atoms with E-state index in [-0.39, 0.29) is 59.8 Å². The number of hydrogen-bond donors (Lipinski definition) is 11. The molecule has 1 saturated heterocycles. The van der Waals surface area contributed by atoms with Crippen molar-refractivity contribution in [2.75, 3.05) is 37.8 Å². The molecule has 3 aromatic rings. The van der Waals surface area contributed by atoms with Crippen LogP contribution in [0.25, 0.3) is 11.2 Å². The van der Waals surface area contributed by atoms with E-state index in [4.69, 9.17) is 25.3 Å². The molecule has 2 amide bonds. The van der Waals surface area contributed by atoms with Gasteiger partial charge in [-0.3, -0.25) is 37.1 Å². The summed E-state index contributed by atoms with van der Waals surface area (Å²) in [5, 5.41) is 36.2. The largest absolute Gasteiger partial charge is 0.493 e. The third-order valence-electron chi connectivity index (χ3n) is 8.60. The van der Waals surface area contributed by atoms with Gasteiger partial charge in [0.05, 0.1) is 37.8 Å². The first-order valence-electron chi connectivity index (χ1n) is 17.8. The van der Waals surface area contributed by atoms with Gasteiger partial charge in [-0.15, -0.1) is 0 Å². The zero-order chi connectivity index (χ0) is 45.7. The molecular formula is C29H47N10O18P3S. The van der Waals surface area contributed by atoms with E-state index >= 15 is 0 Å². The average molecular weight is 949 g/mol. The first kappa shape index (κ1) is 50.2. The predicted octanol–water partition coefficient (Wildman–Crippen LogP) is -1.40. The Morgan fingerprint density at radius 2 is 1.74 bits per heavy atom. The molecule has 1 aliphatic heterocycles. The number of aliphatic hydroxyl groups excluding tert-OH is 2. The summed E-state index contributed by atoms with van der Waals surface area (Å²) >= 11 is 0.903. The fraction of sp³-hybridized carbons (Fsp3) is 0.621. The first-order valence-corrected chi connectivity index (χ1v) is 23.3. The lowest BCUT2D eigenvalue weighted by Gasteiger charge is -2.30. The Balaban J connectivity index is 1.21. The van der Waals surface area contributed by atoms with Gasteiger partial charge >= 0.3 is 23.5 Å². The molecule has 0 spiro atoms. The van der Waals surface area contributed by atoms with Crippen LogP contribution in [0.15, 0.2) is 12.7 Å². The van der Waals surface area contributed by atoms with Crippen LogP contribution >= 0.6 is 35.2 Å². The number of nitrogens with one attached hydrogen (secondary N) is 2. The maximum Gasteiger partial charge on any atom is 0.481 e. The molecule has 61 heavy (non-hydrogen) atoms. The minimum atomic E-state index is -5.59. The Bertz CT molecular complexity index is 2200. The lowest BCUT2D eigenvalue weighted by atomic mass is 9.87. The number of aryl methyl sites for hydroxylation is 1. The molecule has 28 nitrogen and oxygen atoms in total. The summed E-state index contributed by atoms with van der Waals surface area (Å²) in [7, 11) is -16.5. The van der Waals surface area contributed by atoms with Gasteiger partial charge in [-0.25, -0.2) is 33.6 Å². The molecule has 0 saturated carbocycles. The minimum absolute atomic E-state index is 0.0209. The summed E-state index contributed by atoms with van der Waals surface area (Å²) in [6, 6.07) is -0.528. The number of nitrogens with two attached hydrogens (primary N) is 2. The van der Waals surface area contributed by atoms with Gasteiger partial charge in [0.2, 0.25) is 22.8 Å². The number of carbonyl (C=O) groups excluding carboxylic acids is 3. The number of phosphoric acid groups is 3. The Hall–Kier alpha value is -3.47. The van der Waals surface area contributed by atoms with E-state index in [0.29, 0.717) is 11.5 Å². The summed E-state index contributed by atoms with van der Waals surface area (Å²) in [4.78, 5) is 92.5. The van der Waals surface area contributed by atoms with E-state index in [1.54, 1.807) is 13.8 Å². The quantitative estimate of drug-likeness (QED) is 0.0407. The molecule has 8 unspecified atom stereocenters. The molecule has 32 heteroatoms. The Labute approximate surface area is 350 Å². The van der Waals surface area contributed by atoms with Crippen molar-refractivity contribution in [3.63, 3.8) is 0 Å². The van der Waals surface area contributed by atoms with Gasteiger partial charge in [-0.1, -0.05) is 25.6 Å². The van der Waals surface area contributed by atoms with Crippen LogP contribution in [0.2, 0.25) is 0 Å². The maximum absolute atomic E-state index is 12.7. The third kappa shape index (κ3) is 13.8. The fourth-order valence-electron chi connectivity index (χ4n) is 5.56. The van der Waals surface area contributed by atoms with Crippen molar-refractivity contribution in [1.82, 2.24) is 39.7 Å². The van der Waals surface area contributed by atoms with Crippen molar-refractivity contribution in [2.24, 2.45) is 11.1 Å². The second kappa shape index (κ2) is 20.4. The zero-order valence-electron chi connectivity index (χ0n) is 32.8. The van der Waals surface area contributed by atoms with Crippen molar-refractivity contribution in [2.45, 2.75) is 77.3 Å². The number of aromatic hydroxyl groups is 1. The number of rotatable bonds is 22. The normalized spacial score (nSPS) is 21.4. The zero-order valence-corrected chi connectivity index (χ0v) is 36.3. The second-order valence-corrected chi connectivity index (χ2v) is 19.4. The van der Waals surface area contributed by atoms with Gasteiger partial charge in [-0.05, 0) is 13.8 Å². The van der Waals surface area contributed by atoms with Crippen LogP contribution in [0.3, 0.4) is 0 Å². The van der Waals surface area contributed by atoms with Crippen LogP contribution in [0.5, 0.6) is 5.88 Å². The maximum atomic E-state index is 12.7. The van der Waals surface area contributed by atoms with Crippen LogP contribution in [0.1, 0.15) is 51.0 Å². The van der Waals surface area contributed by atoms with E-state index in [1.165, 1.54) is 18.4 Å². The number of nitrogens with zero attached hydrogens (tertiary/aromatic N) is 6. The van der Waals surface area contributed by atoms with Crippen molar-refractivity contribution < 1.29 is 85.6 Å². The monoisotopic (exact) mass is 948 g/mol. The van der Waals surface area contributed by atoms with Gasteiger partial charge < -0.3 is 61.7 Å². The molecule has 4 rings (SSSR count). The highest BCUT2D eigenvalue weighted by atomic mass is 32.2. The molecule has 8 atom stereocenters. The smallest absolute Gasteiger partial charge is 0.481 e. The first-order chi connectivity index (χ1) is 28.2. The Morgan fingerprint density at radius 1 is 1.07 bits per heavy atom. The van der Waals surface area contributed by atoms with Gasteiger partial charge in [0.1, 0.15) is 42.1 Å². The van der Waals surface area contributed by atoms with Crippen LogP contribution in [-0.2, 0) is 57.2 Å². The number of imidazole rings is 2. The van der Waals surface area contributed by atoms with Crippen molar-refractivity contribution in [1.29, 1.82) is 0 Å². The van der Waals surface area contributed by atoms with Crippen molar-refractivity contribution >= 4 is 69.1 Å². The molecule has 0 aromatic carbocycles. The fourth-order valence-corrected chi connectivity index (χ4v) is 9.04. The van der Waals surface area contributed by atoms with Gasteiger partial charge in [0, 0.05) is 30.7 Å². The van der Waals surface area contributed by atoms with E-state index < -0.39 is 90.6 Å². The van der Waals surface area contributed by atoms with Crippen molar-refractivity contribution in [3.8, 4) is 5.88 Å². The number of carbonyl (C=O) groups is 3. The lowest BCUT2D eigenvalue weighted by Crippen LogP contribution is -2.46. The van der Waals surface area contributed by atoms with E-state index in [1.807, 2.05) is 0 Å². The van der Waals surface area contributed by atoms with Crippen LogP contribution in [0, 0.1) is 12.3 Å². The number of fused-ring (bicyclic) bond motifs is 1. The Kier molecular flexibility index (Phi) is 16.7. The van der Waals surface area contributed by atoms with Gasteiger partial charge in [-0.2, -0.15) is 4.31 Å². The molecule has 3 aromatic heterocycles. The molecule has 4 heterocycles. The standard InChI is InChI=1S/C29H47N10O18P3S/c1-14(30)24-37-15(2)27(45)38(24)9-18(41)61-8-7-32-17(40)5-6-33-26(44)22(43)29(3,4)11-54-60(51,52)57-59(49,50)53-10-16-21(56-58(46,47)48)20(42)28(55-16)39-13-36-19-23(31)34-12-35-25(19)39/h12-14,16,20-22,28,42-43,45H,5-11,30H2,1-4H3,(H,32,40)(H,33,44)(H,49,50)(H,51,52)(H2,31,34,35)(H2,46,47,48). The average Bonchev–Trinajstić information content (AvgIpc) is 3.80. The molecule has 13 N–H and O–H groups in total. The van der Waals surface area contributed by atoms with Gasteiger partial charge in [0.15, 0.2) is 17.7 Å². The molecule has 1 fully saturated rings. The highest BCUT2D eigenvalue weighted by Crippen LogP contribution is 2.61. The number of ether oxygens (including phenoxy) is 1. The summed E-state index contributed by atoms with van der Waals surface area (Å²) in [5.74, 6) is -1.21. The van der Waals surface area contributed by atoms with E-state index in [0.717, 1.165) is 29.0 Å². The molecule has 0 bridgehead atoms. The number of aromatic nitrogens is 6. The number of nitrogen functional groups attached to an aromatic ring is 1. The lowest BCUT2D eigenvalue weighted by molar-refractivity contribution is -0.137. The molecule has 1 aliphatic rings. The number of anilines is 1. The highest BCUT2D eigenvalue weighted by molar-refractivity contribution is 8.13. The number of aliphatic hydroxyl groups is 2. The highest BCUT2D eigenvalue weighted by Gasteiger charge is 2.50. The number of thioether (sulfide) groups is 1. The Morgan fingerprint density at radius 3 is 2.39 bits per heavy atom. The summed E-state index contributed by atoms with van der Waals surface area (Å²) in [6.45, 7) is 3.27. The topological polar surface area (TPSA) is 428 Å². The molecular weight excluding hydrogens is 901 g/mol. The van der Waals surface area contributed by atoms with E-state index in [2.05, 4.69) is 39.4 Å². The molecule has 0 radical (unpaired) electrons. The van der Waals surface area contributed by atoms with Crippen LogP contribution < -0.4 is 22.1 Å². The summed E-state index contributed by atoms with van der Waals surface area (Å²) in [5.41, 5.74) is 10.4. The molecule has 0 aliphatic carbocycles. The summed E-state index contributed by atoms with van der Waals surface area (Å²) in [6.07, 6.45) is -7.09. The third-order valence-corrected chi connectivity index (χ3v) is 12.6. The van der Waals surface area contributed by atoms with Crippen LogP contribution in [0.4, 0.5) is 5.82 Å². The number of hydrogen-bond acceptors (Lipinski definition) is 21. The predicted molar refractivity (Wildman–Crippen MR) is 208 cm³/mol. The molecule has 342 valence electrons. The number of amides is 2. The van der Waals surface area contributed by atoms with Crippen molar-refractivity contribution in [3.05, 3.63) is 24.2 Å². The second-order valence-electron chi connectivity index (χ2n) is 14.0. The number of phosphoric ester groups is 3.